The first-order chi connectivity index (χ1) is 7.16. The Morgan fingerprint density at radius 1 is 1.20 bits per heavy atom. The van der Waals surface area contributed by atoms with Gasteiger partial charge in [-0.05, 0) is 32.7 Å². The van der Waals surface area contributed by atoms with E-state index in [2.05, 4.69) is 5.32 Å². The molecule has 0 aromatic heterocycles. The number of hydrogen-bond donors (Lipinski definition) is 1. The molecule has 1 aliphatic heterocycles. The van der Waals surface area contributed by atoms with Crippen molar-refractivity contribution in [1.29, 1.82) is 0 Å². The van der Waals surface area contributed by atoms with Gasteiger partial charge in [-0.3, -0.25) is 0 Å². The molecule has 0 aromatic carbocycles. The minimum Gasteiger partial charge on any atom is -0.349 e. The molecular weight excluding hydrogens is 190 g/mol. The molecule has 0 radical (unpaired) electrons. The van der Waals surface area contributed by atoms with Gasteiger partial charge in [0.1, 0.15) is 0 Å². The quantitative estimate of drug-likeness (QED) is 0.774. The summed E-state index contributed by atoms with van der Waals surface area (Å²) in [5.41, 5.74) is 0. The molecule has 1 aliphatic carbocycles. The summed E-state index contributed by atoms with van der Waals surface area (Å²) < 4.78 is 11.2. The van der Waals surface area contributed by atoms with E-state index in [4.69, 9.17) is 9.47 Å². The van der Waals surface area contributed by atoms with Gasteiger partial charge in [0.25, 0.3) is 0 Å². The van der Waals surface area contributed by atoms with Crippen LogP contribution in [0, 0.1) is 5.92 Å². The van der Waals surface area contributed by atoms with Crippen LogP contribution in [0.5, 0.6) is 0 Å². The van der Waals surface area contributed by atoms with Gasteiger partial charge < -0.3 is 14.8 Å². The first-order valence-electron chi connectivity index (χ1n) is 6.17. The third-order valence-corrected chi connectivity index (χ3v) is 3.47. The van der Waals surface area contributed by atoms with Crippen molar-refractivity contribution in [2.45, 2.75) is 51.4 Å². The molecule has 3 heteroatoms. The molecule has 1 heterocycles. The SMILES string of the molecule is CC1(C)OCC(NCCC2CCC2)CO1. The first-order valence-corrected chi connectivity index (χ1v) is 6.17. The van der Waals surface area contributed by atoms with Crippen molar-refractivity contribution >= 4 is 0 Å². The van der Waals surface area contributed by atoms with Gasteiger partial charge in [0.05, 0.1) is 19.3 Å². The highest BCUT2D eigenvalue weighted by atomic mass is 16.7. The van der Waals surface area contributed by atoms with Crippen LogP contribution < -0.4 is 5.32 Å². The van der Waals surface area contributed by atoms with Crippen LogP contribution in [0.2, 0.25) is 0 Å². The Morgan fingerprint density at radius 2 is 1.87 bits per heavy atom. The monoisotopic (exact) mass is 213 g/mol. The number of nitrogens with one attached hydrogen (secondary N) is 1. The lowest BCUT2D eigenvalue weighted by Crippen LogP contribution is -2.48. The molecule has 2 rings (SSSR count). The summed E-state index contributed by atoms with van der Waals surface area (Å²) in [6, 6.07) is 0.387. The number of ether oxygens (including phenoxy) is 2. The van der Waals surface area contributed by atoms with E-state index in [1.54, 1.807) is 0 Å². The number of hydrogen-bond acceptors (Lipinski definition) is 3. The average molecular weight is 213 g/mol. The van der Waals surface area contributed by atoms with Crippen LogP contribution in [-0.2, 0) is 9.47 Å². The maximum absolute atomic E-state index is 5.59. The van der Waals surface area contributed by atoms with E-state index in [-0.39, 0.29) is 5.79 Å². The molecule has 3 nitrogen and oxygen atoms in total. The predicted molar refractivity (Wildman–Crippen MR) is 59.7 cm³/mol. The van der Waals surface area contributed by atoms with Crippen LogP contribution in [0.3, 0.4) is 0 Å². The van der Waals surface area contributed by atoms with E-state index in [9.17, 15) is 0 Å². The third kappa shape index (κ3) is 3.44. The van der Waals surface area contributed by atoms with Crippen LogP contribution in [0.15, 0.2) is 0 Å². The van der Waals surface area contributed by atoms with Gasteiger partial charge in [-0.15, -0.1) is 0 Å². The van der Waals surface area contributed by atoms with Gasteiger partial charge in [-0.25, -0.2) is 0 Å². The zero-order valence-electron chi connectivity index (χ0n) is 9.92. The smallest absolute Gasteiger partial charge is 0.162 e. The Kier molecular flexibility index (Phi) is 3.65. The lowest BCUT2D eigenvalue weighted by atomic mass is 9.83. The molecule has 0 spiro atoms. The summed E-state index contributed by atoms with van der Waals surface area (Å²) in [6.07, 6.45) is 5.63. The highest BCUT2D eigenvalue weighted by molar-refractivity contribution is 4.75. The fraction of sp³-hybridized carbons (Fsp3) is 1.00. The average Bonchev–Trinajstić information content (AvgIpc) is 2.12. The Bertz CT molecular complexity index is 192. The lowest BCUT2D eigenvalue weighted by molar-refractivity contribution is -0.252. The molecule has 1 saturated heterocycles. The molecule has 15 heavy (non-hydrogen) atoms. The van der Waals surface area contributed by atoms with Gasteiger partial charge in [0, 0.05) is 0 Å². The standard InChI is InChI=1S/C12H23NO2/c1-12(2)14-8-11(9-15-12)13-7-6-10-4-3-5-10/h10-11,13H,3-9H2,1-2H3. The van der Waals surface area contributed by atoms with Gasteiger partial charge in [-0.1, -0.05) is 19.3 Å². The second-order valence-corrected chi connectivity index (χ2v) is 5.26. The van der Waals surface area contributed by atoms with Crippen molar-refractivity contribution in [1.82, 2.24) is 5.32 Å². The summed E-state index contributed by atoms with van der Waals surface area (Å²) in [4.78, 5) is 0. The summed E-state index contributed by atoms with van der Waals surface area (Å²) in [7, 11) is 0. The molecular formula is C12H23NO2. The topological polar surface area (TPSA) is 30.5 Å². The van der Waals surface area contributed by atoms with Gasteiger partial charge >= 0.3 is 0 Å². The third-order valence-electron chi connectivity index (χ3n) is 3.47. The van der Waals surface area contributed by atoms with Crippen molar-refractivity contribution in [2.75, 3.05) is 19.8 Å². The van der Waals surface area contributed by atoms with E-state index in [0.717, 1.165) is 25.7 Å². The Hall–Kier alpha value is -0.120. The van der Waals surface area contributed by atoms with Crippen LogP contribution in [0.4, 0.5) is 0 Å². The van der Waals surface area contributed by atoms with Crippen molar-refractivity contribution < 1.29 is 9.47 Å². The highest BCUT2D eigenvalue weighted by Gasteiger charge is 2.28. The lowest BCUT2D eigenvalue weighted by Gasteiger charge is -2.35. The van der Waals surface area contributed by atoms with Gasteiger partial charge in [-0.2, -0.15) is 0 Å². The summed E-state index contributed by atoms with van der Waals surface area (Å²) in [5, 5.41) is 3.51. The molecule has 1 N–H and O–H groups in total. The Labute approximate surface area is 92.5 Å². The second kappa shape index (κ2) is 4.81. The number of rotatable bonds is 4. The van der Waals surface area contributed by atoms with E-state index >= 15 is 0 Å². The van der Waals surface area contributed by atoms with Crippen molar-refractivity contribution in [2.24, 2.45) is 5.92 Å². The van der Waals surface area contributed by atoms with Gasteiger partial charge in [0.15, 0.2) is 5.79 Å². The molecule has 2 fully saturated rings. The predicted octanol–water partition coefficient (Wildman–Crippen LogP) is 1.92. The highest BCUT2D eigenvalue weighted by Crippen LogP contribution is 2.28. The summed E-state index contributed by atoms with van der Waals surface area (Å²) in [5.74, 6) is 0.603. The molecule has 2 aliphatic rings. The maximum Gasteiger partial charge on any atom is 0.162 e. The zero-order chi connectivity index (χ0) is 10.7. The molecule has 0 amide bonds. The van der Waals surface area contributed by atoms with Crippen LogP contribution in [0.25, 0.3) is 0 Å². The van der Waals surface area contributed by atoms with Gasteiger partial charge in [0.2, 0.25) is 0 Å². The molecule has 0 bridgehead atoms. The zero-order valence-corrected chi connectivity index (χ0v) is 9.92. The summed E-state index contributed by atoms with van der Waals surface area (Å²) >= 11 is 0. The minimum atomic E-state index is -0.383. The normalized spacial score (nSPS) is 27.6. The fourth-order valence-electron chi connectivity index (χ4n) is 2.08. The van der Waals surface area contributed by atoms with Crippen molar-refractivity contribution in [3.8, 4) is 0 Å². The Morgan fingerprint density at radius 3 is 2.40 bits per heavy atom. The molecule has 88 valence electrons. The van der Waals surface area contributed by atoms with E-state index < -0.39 is 0 Å². The maximum atomic E-state index is 5.59. The van der Waals surface area contributed by atoms with Crippen LogP contribution in [-0.4, -0.2) is 31.6 Å². The van der Waals surface area contributed by atoms with E-state index in [1.165, 1.54) is 25.7 Å². The van der Waals surface area contributed by atoms with Crippen molar-refractivity contribution in [3.63, 3.8) is 0 Å². The molecule has 0 aromatic rings. The largest absolute Gasteiger partial charge is 0.349 e. The second-order valence-electron chi connectivity index (χ2n) is 5.26. The minimum absolute atomic E-state index is 0.383. The first kappa shape index (κ1) is 11.4. The summed E-state index contributed by atoms with van der Waals surface area (Å²) in [6.45, 7) is 6.60. The fourth-order valence-corrected chi connectivity index (χ4v) is 2.08. The Balaban J connectivity index is 1.56. The van der Waals surface area contributed by atoms with Crippen molar-refractivity contribution in [3.05, 3.63) is 0 Å². The molecule has 0 unspecified atom stereocenters. The molecule has 0 atom stereocenters. The van der Waals surface area contributed by atoms with Crippen LogP contribution >= 0.6 is 0 Å². The molecule has 1 saturated carbocycles. The van der Waals surface area contributed by atoms with Crippen LogP contribution in [0.1, 0.15) is 39.5 Å². The van der Waals surface area contributed by atoms with E-state index in [1.807, 2.05) is 13.8 Å². The van der Waals surface area contributed by atoms with E-state index in [0.29, 0.717) is 6.04 Å².